The molecule has 0 aliphatic heterocycles. The SMILES string of the molecule is CCCC(C)C1CCC2/C(=C/Br)CCCC21C. The molecule has 4 atom stereocenters. The summed E-state index contributed by atoms with van der Waals surface area (Å²) in [5.41, 5.74) is 2.30. The van der Waals surface area contributed by atoms with Crippen LogP contribution < -0.4 is 0 Å². The Morgan fingerprint density at radius 3 is 2.88 bits per heavy atom. The fourth-order valence-corrected chi connectivity index (χ4v) is 5.35. The van der Waals surface area contributed by atoms with Crippen LogP contribution in [0.5, 0.6) is 0 Å². The number of rotatable bonds is 3. The number of hydrogen-bond acceptors (Lipinski definition) is 0. The maximum atomic E-state index is 3.60. The van der Waals surface area contributed by atoms with Gasteiger partial charge in [0, 0.05) is 0 Å². The standard InChI is InChI=1S/C16H27Br/c1-4-6-12(2)14-8-9-15-13(11-17)7-5-10-16(14,15)3/h11-12,14-15H,4-10H2,1-3H3/b13-11+. The van der Waals surface area contributed by atoms with Gasteiger partial charge in [-0.1, -0.05) is 55.1 Å². The van der Waals surface area contributed by atoms with E-state index in [4.69, 9.17) is 0 Å². The molecule has 0 bridgehead atoms. The van der Waals surface area contributed by atoms with Gasteiger partial charge in [-0.05, 0) is 60.3 Å². The van der Waals surface area contributed by atoms with Crippen molar-refractivity contribution in [2.75, 3.05) is 0 Å². The zero-order chi connectivity index (χ0) is 12.5. The van der Waals surface area contributed by atoms with Gasteiger partial charge in [-0.25, -0.2) is 0 Å². The van der Waals surface area contributed by atoms with Gasteiger partial charge < -0.3 is 0 Å². The Kier molecular flexibility index (Phi) is 4.39. The zero-order valence-corrected chi connectivity index (χ0v) is 13.2. The van der Waals surface area contributed by atoms with Crippen LogP contribution in [0, 0.1) is 23.2 Å². The van der Waals surface area contributed by atoms with Crippen molar-refractivity contribution in [2.24, 2.45) is 23.2 Å². The first-order valence-electron chi connectivity index (χ1n) is 7.42. The average Bonchev–Trinajstić information content (AvgIpc) is 2.66. The molecule has 0 aromatic carbocycles. The Hall–Kier alpha value is 0.220. The second-order valence-electron chi connectivity index (χ2n) is 6.55. The Morgan fingerprint density at radius 1 is 1.47 bits per heavy atom. The summed E-state index contributed by atoms with van der Waals surface area (Å²) in [6, 6.07) is 0. The Balaban J connectivity index is 2.18. The summed E-state index contributed by atoms with van der Waals surface area (Å²) in [6.07, 6.45) is 9.86. The molecule has 0 aromatic rings. The van der Waals surface area contributed by atoms with Crippen LogP contribution in [0.3, 0.4) is 0 Å². The first kappa shape index (κ1) is 13.6. The fourth-order valence-electron chi connectivity index (χ4n) is 4.80. The number of halogens is 1. The smallest absolute Gasteiger partial charge is 0.0138 e. The van der Waals surface area contributed by atoms with Crippen LogP contribution in [0.1, 0.15) is 65.7 Å². The highest BCUT2D eigenvalue weighted by Crippen LogP contribution is 2.59. The molecule has 2 fully saturated rings. The van der Waals surface area contributed by atoms with E-state index in [2.05, 4.69) is 41.7 Å². The third kappa shape index (κ3) is 2.37. The Labute approximate surface area is 115 Å². The van der Waals surface area contributed by atoms with Crippen LogP contribution in [-0.4, -0.2) is 0 Å². The quantitative estimate of drug-likeness (QED) is 0.607. The largest absolute Gasteiger partial charge is 0.0654 e. The van der Waals surface area contributed by atoms with Gasteiger partial charge >= 0.3 is 0 Å². The highest BCUT2D eigenvalue weighted by Gasteiger charge is 2.50. The maximum Gasteiger partial charge on any atom is -0.0138 e. The molecular weight excluding hydrogens is 272 g/mol. The molecule has 0 aromatic heterocycles. The van der Waals surface area contributed by atoms with Gasteiger partial charge in [0.1, 0.15) is 0 Å². The second kappa shape index (κ2) is 5.47. The first-order chi connectivity index (χ1) is 8.13. The second-order valence-corrected chi connectivity index (χ2v) is 7.00. The lowest BCUT2D eigenvalue weighted by Crippen LogP contribution is -2.35. The van der Waals surface area contributed by atoms with Crippen molar-refractivity contribution in [2.45, 2.75) is 65.7 Å². The molecule has 0 nitrogen and oxygen atoms in total. The fraction of sp³-hybridized carbons (Fsp3) is 0.875. The number of fused-ring (bicyclic) bond motifs is 1. The Bertz CT molecular complexity index is 294. The molecule has 4 unspecified atom stereocenters. The third-order valence-electron chi connectivity index (χ3n) is 5.61. The van der Waals surface area contributed by atoms with E-state index in [1.54, 1.807) is 5.57 Å². The minimum absolute atomic E-state index is 0.604. The van der Waals surface area contributed by atoms with E-state index in [9.17, 15) is 0 Å². The normalized spacial score (nSPS) is 41.5. The van der Waals surface area contributed by atoms with Crippen molar-refractivity contribution in [3.8, 4) is 0 Å². The van der Waals surface area contributed by atoms with Gasteiger partial charge in [-0.2, -0.15) is 0 Å². The summed E-state index contributed by atoms with van der Waals surface area (Å²) in [5.74, 6) is 2.76. The van der Waals surface area contributed by atoms with Crippen molar-refractivity contribution >= 4 is 15.9 Å². The molecule has 0 N–H and O–H groups in total. The van der Waals surface area contributed by atoms with Gasteiger partial charge in [0.05, 0.1) is 0 Å². The van der Waals surface area contributed by atoms with Crippen molar-refractivity contribution < 1.29 is 0 Å². The highest BCUT2D eigenvalue weighted by molar-refractivity contribution is 9.11. The molecule has 2 rings (SSSR count). The van der Waals surface area contributed by atoms with E-state index in [-0.39, 0.29) is 0 Å². The third-order valence-corrected chi connectivity index (χ3v) is 6.20. The molecule has 2 aliphatic carbocycles. The topological polar surface area (TPSA) is 0 Å². The zero-order valence-electron chi connectivity index (χ0n) is 11.6. The van der Waals surface area contributed by atoms with Crippen LogP contribution >= 0.6 is 15.9 Å². The van der Waals surface area contributed by atoms with E-state index in [1.807, 2.05) is 0 Å². The minimum atomic E-state index is 0.604. The van der Waals surface area contributed by atoms with Gasteiger partial charge in [-0.15, -0.1) is 0 Å². The van der Waals surface area contributed by atoms with Crippen LogP contribution in [0.25, 0.3) is 0 Å². The lowest BCUT2D eigenvalue weighted by molar-refractivity contribution is 0.0942. The van der Waals surface area contributed by atoms with E-state index < -0.39 is 0 Å². The van der Waals surface area contributed by atoms with Gasteiger partial charge in [-0.3, -0.25) is 0 Å². The van der Waals surface area contributed by atoms with Gasteiger partial charge in [0.2, 0.25) is 0 Å². The number of hydrogen-bond donors (Lipinski definition) is 0. The lowest BCUT2D eigenvalue weighted by Gasteiger charge is -2.44. The predicted molar refractivity (Wildman–Crippen MR) is 79.3 cm³/mol. The maximum absolute atomic E-state index is 3.60. The Morgan fingerprint density at radius 2 is 2.24 bits per heavy atom. The molecule has 2 saturated carbocycles. The van der Waals surface area contributed by atoms with E-state index in [0.717, 1.165) is 17.8 Å². The van der Waals surface area contributed by atoms with Crippen LogP contribution in [0.15, 0.2) is 10.6 Å². The molecule has 0 saturated heterocycles. The van der Waals surface area contributed by atoms with Crippen LogP contribution in [-0.2, 0) is 0 Å². The van der Waals surface area contributed by atoms with Crippen molar-refractivity contribution in [1.29, 1.82) is 0 Å². The molecule has 0 radical (unpaired) electrons. The van der Waals surface area contributed by atoms with Crippen molar-refractivity contribution in [3.05, 3.63) is 10.6 Å². The summed E-state index contributed by atoms with van der Waals surface area (Å²) >= 11 is 3.60. The van der Waals surface area contributed by atoms with E-state index in [1.165, 1.54) is 44.9 Å². The van der Waals surface area contributed by atoms with Gasteiger partial charge in [0.25, 0.3) is 0 Å². The van der Waals surface area contributed by atoms with Crippen LogP contribution in [0.2, 0.25) is 0 Å². The summed E-state index contributed by atoms with van der Waals surface area (Å²) < 4.78 is 0. The molecule has 98 valence electrons. The predicted octanol–water partition coefficient (Wildman–Crippen LogP) is 5.92. The van der Waals surface area contributed by atoms with Gasteiger partial charge in [0.15, 0.2) is 0 Å². The lowest BCUT2D eigenvalue weighted by atomic mass is 9.61. The molecular formula is C16H27Br. The minimum Gasteiger partial charge on any atom is -0.0654 e. The van der Waals surface area contributed by atoms with E-state index >= 15 is 0 Å². The molecule has 0 amide bonds. The summed E-state index contributed by atoms with van der Waals surface area (Å²) in [7, 11) is 0. The summed E-state index contributed by atoms with van der Waals surface area (Å²) in [5, 5.41) is 0. The van der Waals surface area contributed by atoms with Crippen LogP contribution in [0.4, 0.5) is 0 Å². The van der Waals surface area contributed by atoms with Crippen molar-refractivity contribution in [3.63, 3.8) is 0 Å². The molecule has 0 spiro atoms. The number of allylic oxidation sites excluding steroid dienone is 1. The first-order valence-corrected chi connectivity index (χ1v) is 8.34. The highest BCUT2D eigenvalue weighted by atomic mass is 79.9. The molecule has 2 aliphatic rings. The van der Waals surface area contributed by atoms with Crippen molar-refractivity contribution in [1.82, 2.24) is 0 Å². The molecule has 1 heteroatoms. The monoisotopic (exact) mass is 298 g/mol. The molecule has 0 heterocycles. The van der Waals surface area contributed by atoms with E-state index in [0.29, 0.717) is 5.41 Å². The summed E-state index contributed by atoms with van der Waals surface area (Å²) in [6.45, 7) is 7.40. The average molecular weight is 299 g/mol. The summed E-state index contributed by atoms with van der Waals surface area (Å²) in [4.78, 5) is 2.24. The molecule has 17 heavy (non-hydrogen) atoms.